The Hall–Kier alpha value is -0.390. The second-order valence-electron chi connectivity index (χ2n) is 2.70. The van der Waals surface area contributed by atoms with E-state index in [0.717, 1.165) is 0 Å². The van der Waals surface area contributed by atoms with Crippen LogP contribution >= 0.6 is 30.5 Å². The number of rotatable bonds is 2. The van der Waals surface area contributed by atoms with Gasteiger partial charge in [0.2, 0.25) is 0 Å². The molecule has 8 heteroatoms. The molecule has 1 rings (SSSR count). The molecule has 0 saturated carbocycles. The van der Waals surface area contributed by atoms with Crippen LogP contribution in [0.3, 0.4) is 0 Å². The molecule has 0 bridgehead atoms. The van der Waals surface area contributed by atoms with Crippen LogP contribution in [0.5, 0.6) is 0 Å². The van der Waals surface area contributed by atoms with E-state index in [1.807, 2.05) is 5.09 Å². The fourth-order valence-electron chi connectivity index (χ4n) is 0.836. The number of thiophene rings is 1. The maximum absolute atomic E-state index is 11.4. The van der Waals surface area contributed by atoms with Crippen molar-refractivity contribution >= 4 is 36.4 Å². The normalized spacial score (nSPS) is 11.4. The summed E-state index contributed by atoms with van der Waals surface area (Å²) in [5.41, 5.74) is 11.0. The summed E-state index contributed by atoms with van der Waals surface area (Å²) in [6, 6.07) is 0. The Morgan fingerprint density at radius 3 is 2.57 bits per heavy atom. The second kappa shape index (κ2) is 4.00. The lowest BCUT2D eigenvalue weighted by Crippen LogP contribution is -2.28. The molecule has 14 heavy (non-hydrogen) atoms. The Balaban J connectivity index is 2.91. The first-order valence-electron chi connectivity index (χ1n) is 3.54. The van der Waals surface area contributed by atoms with E-state index < -0.39 is 13.5 Å². The molecule has 1 aromatic rings. The van der Waals surface area contributed by atoms with E-state index in [4.69, 9.17) is 22.6 Å². The summed E-state index contributed by atoms with van der Waals surface area (Å²) in [7, 11) is -3.54. The lowest BCUT2D eigenvalue weighted by atomic mass is 10.2. The molecule has 0 radical (unpaired) electrons. The highest BCUT2D eigenvalue weighted by Gasteiger charge is 2.18. The minimum atomic E-state index is -3.54. The molecule has 1 aromatic heterocycles. The molecular formula is C6H9ClN3O2PS. The van der Waals surface area contributed by atoms with E-state index in [1.54, 1.807) is 12.3 Å². The SMILES string of the molecule is Cc1c(C(=O)NP(N)(N)=O)csc1Cl. The average molecular weight is 254 g/mol. The van der Waals surface area contributed by atoms with Gasteiger partial charge in [-0.15, -0.1) is 11.3 Å². The van der Waals surface area contributed by atoms with Gasteiger partial charge in [0, 0.05) is 5.38 Å². The molecule has 0 spiro atoms. The van der Waals surface area contributed by atoms with E-state index in [-0.39, 0.29) is 0 Å². The van der Waals surface area contributed by atoms with Crippen molar-refractivity contribution in [2.75, 3.05) is 0 Å². The molecule has 5 nitrogen and oxygen atoms in total. The summed E-state index contributed by atoms with van der Waals surface area (Å²) in [5, 5.41) is 3.57. The summed E-state index contributed by atoms with van der Waals surface area (Å²) in [6.45, 7) is 1.69. The van der Waals surface area contributed by atoms with E-state index >= 15 is 0 Å². The fraction of sp³-hybridized carbons (Fsp3) is 0.167. The average Bonchev–Trinajstić information content (AvgIpc) is 2.29. The Morgan fingerprint density at radius 2 is 2.21 bits per heavy atom. The number of amides is 1. The van der Waals surface area contributed by atoms with E-state index in [9.17, 15) is 9.36 Å². The van der Waals surface area contributed by atoms with Crippen LogP contribution in [-0.4, -0.2) is 5.91 Å². The van der Waals surface area contributed by atoms with Crippen molar-refractivity contribution in [3.63, 3.8) is 0 Å². The van der Waals surface area contributed by atoms with Gasteiger partial charge >= 0.3 is 7.59 Å². The standard InChI is InChI=1S/C6H9ClN3O2PS/c1-3-4(2-14-5(3)7)6(11)10-13(8,9)12/h2H,1H3,(H5,8,9,10,11,12). The van der Waals surface area contributed by atoms with Crippen molar-refractivity contribution < 1.29 is 9.36 Å². The van der Waals surface area contributed by atoms with Crippen molar-refractivity contribution in [1.82, 2.24) is 5.09 Å². The first kappa shape index (κ1) is 11.7. The molecule has 0 aliphatic carbocycles. The molecule has 0 atom stereocenters. The zero-order chi connectivity index (χ0) is 10.9. The molecule has 78 valence electrons. The molecular weight excluding hydrogens is 245 g/mol. The van der Waals surface area contributed by atoms with Gasteiger partial charge in [0.05, 0.1) is 9.90 Å². The minimum absolute atomic E-state index is 0.344. The summed E-state index contributed by atoms with van der Waals surface area (Å²) >= 11 is 6.97. The Kier molecular flexibility index (Phi) is 3.34. The first-order valence-corrected chi connectivity index (χ1v) is 6.65. The van der Waals surface area contributed by atoms with Crippen LogP contribution in [0.4, 0.5) is 0 Å². The third-order valence-electron chi connectivity index (χ3n) is 1.50. The maximum atomic E-state index is 11.4. The first-order chi connectivity index (χ1) is 6.31. The number of hydrogen-bond acceptors (Lipinski definition) is 3. The van der Waals surface area contributed by atoms with Gasteiger partial charge in [0.25, 0.3) is 5.91 Å². The number of halogens is 1. The number of nitrogens with two attached hydrogens (primary N) is 2. The van der Waals surface area contributed by atoms with Gasteiger partial charge in [-0.3, -0.25) is 25.5 Å². The lowest BCUT2D eigenvalue weighted by molar-refractivity contribution is 0.0980. The van der Waals surface area contributed by atoms with Crippen LogP contribution in [0.15, 0.2) is 5.38 Å². The highest BCUT2D eigenvalue weighted by molar-refractivity contribution is 7.57. The zero-order valence-electron chi connectivity index (χ0n) is 7.28. The summed E-state index contributed by atoms with van der Waals surface area (Å²) in [6.07, 6.45) is 0. The van der Waals surface area contributed by atoms with Gasteiger partial charge in [-0.2, -0.15) is 0 Å². The van der Waals surface area contributed by atoms with E-state index in [1.165, 1.54) is 11.3 Å². The maximum Gasteiger partial charge on any atom is 0.300 e. The van der Waals surface area contributed by atoms with Crippen molar-refractivity contribution in [2.24, 2.45) is 11.0 Å². The Labute approximate surface area is 90.0 Å². The van der Waals surface area contributed by atoms with Crippen molar-refractivity contribution in [3.05, 3.63) is 20.8 Å². The van der Waals surface area contributed by atoms with Gasteiger partial charge in [-0.05, 0) is 12.5 Å². The van der Waals surface area contributed by atoms with Crippen LogP contribution in [-0.2, 0) is 4.57 Å². The van der Waals surface area contributed by atoms with Crippen LogP contribution in [0.25, 0.3) is 0 Å². The molecule has 0 unspecified atom stereocenters. The van der Waals surface area contributed by atoms with Gasteiger partial charge in [0.1, 0.15) is 0 Å². The van der Waals surface area contributed by atoms with Gasteiger partial charge in [-0.1, -0.05) is 11.6 Å². The van der Waals surface area contributed by atoms with Crippen molar-refractivity contribution in [1.29, 1.82) is 0 Å². The monoisotopic (exact) mass is 253 g/mol. The van der Waals surface area contributed by atoms with Crippen LogP contribution in [0.1, 0.15) is 15.9 Å². The van der Waals surface area contributed by atoms with Crippen molar-refractivity contribution in [2.45, 2.75) is 6.92 Å². The van der Waals surface area contributed by atoms with Crippen LogP contribution in [0, 0.1) is 6.92 Å². The third-order valence-corrected chi connectivity index (χ3v) is 3.47. The summed E-state index contributed by atoms with van der Waals surface area (Å²) in [5.74, 6) is -0.570. The predicted molar refractivity (Wildman–Crippen MR) is 57.5 cm³/mol. The zero-order valence-corrected chi connectivity index (χ0v) is 9.75. The molecule has 0 aliphatic rings. The highest BCUT2D eigenvalue weighted by Crippen LogP contribution is 2.28. The minimum Gasteiger partial charge on any atom is -0.279 e. The molecule has 1 amide bonds. The lowest BCUT2D eigenvalue weighted by Gasteiger charge is -2.07. The van der Waals surface area contributed by atoms with Crippen LogP contribution in [0.2, 0.25) is 4.34 Å². The molecule has 0 saturated heterocycles. The number of carbonyl (C=O) groups excluding carboxylic acids is 1. The van der Waals surface area contributed by atoms with E-state index in [2.05, 4.69) is 0 Å². The Morgan fingerprint density at radius 1 is 1.64 bits per heavy atom. The van der Waals surface area contributed by atoms with Gasteiger partial charge in [0.15, 0.2) is 0 Å². The third kappa shape index (κ3) is 2.80. The fourth-order valence-corrected chi connectivity index (χ4v) is 2.30. The van der Waals surface area contributed by atoms with Gasteiger partial charge in [-0.25, -0.2) is 0 Å². The molecule has 0 fully saturated rings. The van der Waals surface area contributed by atoms with Gasteiger partial charge < -0.3 is 0 Å². The smallest absolute Gasteiger partial charge is 0.279 e. The second-order valence-corrected chi connectivity index (χ2v) is 5.82. The topological polar surface area (TPSA) is 98.2 Å². The molecule has 0 aliphatic heterocycles. The number of carbonyl (C=O) groups is 1. The molecule has 5 N–H and O–H groups in total. The van der Waals surface area contributed by atoms with E-state index in [0.29, 0.717) is 15.5 Å². The predicted octanol–water partition coefficient (Wildman–Crippen LogP) is 1.47. The summed E-state index contributed by atoms with van der Waals surface area (Å²) in [4.78, 5) is 11.4. The number of hydrogen-bond donors (Lipinski definition) is 3. The largest absolute Gasteiger partial charge is 0.300 e. The highest BCUT2D eigenvalue weighted by atomic mass is 35.5. The molecule has 1 heterocycles. The number of nitrogens with one attached hydrogen (secondary N) is 1. The summed E-state index contributed by atoms with van der Waals surface area (Å²) < 4.78 is 11.4. The van der Waals surface area contributed by atoms with Crippen molar-refractivity contribution in [3.8, 4) is 0 Å². The molecule has 0 aromatic carbocycles. The van der Waals surface area contributed by atoms with Crippen LogP contribution < -0.4 is 16.1 Å². The Bertz CT molecular complexity index is 413. The quantitative estimate of drug-likeness (QED) is 0.695.